The molecule has 4 heteroatoms. The molecule has 0 unspecified atom stereocenters. The Morgan fingerprint density at radius 1 is 1.25 bits per heavy atom. The maximum Gasteiger partial charge on any atom is 0.317 e. The number of hydrogen-bond donors (Lipinski definition) is 1. The van der Waals surface area contributed by atoms with Gasteiger partial charge in [0.05, 0.1) is 6.54 Å². The van der Waals surface area contributed by atoms with Gasteiger partial charge in [-0.05, 0) is 32.4 Å². The third-order valence-corrected chi connectivity index (χ3v) is 2.92. The Labute approximate surface area is 97.5 Å². The molecule has 0 aliphatic carbocycles. The molecule has 1 saturated heterocycles. The molecule has 0 atom stereocenters. The minimum atomic E-state index is -0.722. The number of hydrogen-bond acceptors (Lipinski definition) is 3. The fraction of sp³-hybridized carbons (Fsp3) is 0.750. The Bertz CT molecular complexity index is 231. The van der Waals surface area contributed by atoms with Gasteiger partial charge in [-0.25, -0.2) is 0 Å². The minimum absolute atomic E-state index is 0.181. The van der Waals surface area contributed by atoms with Crippen LogP contribution in [0.25, 0.3) is 0 Å². The van der Waals surface area contributed by atoms with Gasteiger partial charge in [-0.1, -0.05) is 6.08 Å². The first kappa shape index (κ1) is 13.2. The second kappa shape index (κ2) is 7.41. The summed E-state index contributed by atoms with van der Waals surface area (Å²) in [5.74, 6) is -0.722. The third-order valence-electron chi connectivity index (χ3n) is 2.92. The topological polar surface area (TPSA) is 43.8 Å². The first-order valence-corrected chi connectivity index (χ1v) is 6.00. The van der Waals surface area contributed by atoms with Crippen molar-refractivity contribution in [2.24, 2.45) is 0 Å². The zero-order valence-electron chi connectivity index (χ0n) is 9.90. The number of aliphatic carboxylic acids is 1. The fourth-order valence-electron chi connectivity index (χ4n) is 2.06. The number of nitrogens with zero attached hydrogens (tertiary/aromatic N) is 2. The quantitative estimate of drug-likeness (QED) is 0.543. The summed E-state index contributed by atoms with van der Waals surface area (Å²) in [4.78, 5) is 15.1. The van der Waals surface area contributed by atoms with E-state index in [1.807, 2.05) is 11.0 Å². The van der Waals surface area contributed by atoms with Crippen LogP contribution in [0.5, 0.6) is 0 Å². The normalized spacial score (nSPS) is 19.2. The predicted octanol–water partition coefficient (Wildman–Crippen LogP) is 1.04. The molecule has 92 valence electrons. The SMILES string of the molecule is C=CCCCN1CCCN(CC(=O)O)CC1. The van der Waals surface area contributed by atoms with Crippen molar-refractivity contribution in [3.05, 3.63) is 12.7 Å². The molecule has 16 heavy (non-hydrogen) atoms. The van der Waals surface area contributed by atoms with Crippen LogP contribution >= 0.6 is 0 Å². The summed E-state index contributed by atoms with van der Waals surface area (Å²) in [5.41, 5.74) is 0. The van der Waals surface area contributed by atoms with E-state index >= 15 is 0 Å². The van der Waals surface area contributed by atoms with Crippen molar-refractivity contribution in [3.63, 3.8) is 0 Å². The Morgan fingerprint density at radius 3 is 2.62 bits per heavy atom. The van der Waals surface area contributed by atoms with Gasteiger partial charge in [0.15, 0.2) is 0 Å². The molecule has 4 nitrogen and oxygen atoms in total. The maximum atomic E-state index is 10.6. The lowest BCUT2D eigenvalue weighted by molar-refractivity contribution is -0.138. The molecule has 0 amide bonds. The van der Waals surface area contributed by atoms with Gasteiger partial charge in [0, 0.05) is 19.6 Å². The van der Waals surface area contributed by atoms with Crippen molar-refractivity contribution in [3.8, 4) is 0 Å². The molecule has 0 saturated carbocycles. The van der Waals surface area contributed by atoms with E-state index in [4.69, 9.17) is 5.11 Å². The molecule has 0 radical (unpaired) electrons. The zero-order chi connectivity index (χ0) is 11.8. The average Bonchev–Trinajstić information content (AvgIpc) is 2.44. The monoisotopic (exact) mass is 226 g/mol. The Morgan fingerprint density at radius 2 is 1.94 bits per heavy atom. The van der Waals surface area contributed by atoms with E-state index in [0.29, 0.717) is 0 Å². The van der Waals surface area contributed by atoms with Crippen LogP contribution < -0.4 is 0 Å². The van der Waals surface area contributed by atoms with Crippen molar-refractivity contribution in [1.82, 2.24) is 9.80 Å². The highest BCUT2D eigenvalue weighted by molar-refractivity contribution is 5.69. The van der Waals surface area contributed by atoms with E-state index in [1.54, 1.807) is 0 Å². The molecule has 1 rings (SSSR count). The number of rotatable bonds is 6. The lowest BCUT2D eigenvalue weighted by Crippen LogP contribution is -2.34. The van der Waals surface area contributed by atoms with E-state index in [0.717, 1.165) is 52.0 Å². The van der Waals surface area contributed by atoms with Crippen LogP contribution in [0.3, 0.4) is 0 Å². The standard InChI is InChI=1S/C12H22N2O2/c1-2-3-4-6-13-7-5-8-14(10-9-13)11-12(15)16/h2H,1,3-11H2,(H,15,16). The molecule has 0 aromatic rings. The third kappa shape index (κ3) is 5.28. The molecule has 1 aliphatic heterocycles. The van der Waals surface area contributed by atoms with Crippen molar-refractivity contribution in [2.45, 2.75) is 19.3 Å². The zero-order valence-corrected chi connectivity index (χ0v) is 9.90. The van der Waals surface area contributed by atoms with Gasteiger partial charge < -0.3 is 10.0 Å². The first-order valence-electron chi connectivity index (χ1n) is 6.00. The van der Waals surface area contributed by atoms with Crippen molar-refractivity contribution < 1.29 is 9.90 Å². The lowest BCUT2D eigenvalue weighted by atomic mass is 10.3. The lowest BCUT2D eigenvalue weighted by Gasteiger charge is -2.20. The summed E-state index contributed by atoms with van der Waals surface area (Å²) in [6.07, 6.45) is 5.24. The molecular weight excluding hydrogens is 204 g/mol. The number of carbonyl (C=O) groups is 1. The van der Waals surface area contributed by atoms with Crippen LogP contribution in [0.2, 0.25) is 0 Å². The molecular formula is C12H22N2O2. The molecule has 0 bridgehead atoms. The molecule has 0 spiro atoms. The fourth-order valence-corrected chi connectivity index (χ4v) is 2.06. The first-order chi connectivity index (χ1) is 7.72. The van der Waals surface area contributed by atoms with Crippen LogP contribution in [0.1, 0.15) is 19.3 Å². The largest absolute Gasteiger partial charge is 0.480 e. The minimum Gasteiger partial charge on any atom is -0.480 e. The summed E-state index contributed by atoms with van der Waals surface area (Å²) in [6, 6.07) is 0. The molecule has 1 fully saturated rings. The Balaban J connectivity index is 2.23. The maximum absolute atomic E-state index is 10.6. The molecule has 0 aromatic heterocycles. The molecule has 0 aromatic carbocycles. The Hall–Kier alpha value is -0.870. The predicted molar refractivity (Wildman–Crippen MR) is 64.6 cm³/mol. The summed E-state index contributed by atoms with van der Waals surface area (Å²) in [5, 5.41) is 8.73. The summed E-state index contributed by atoms with van der Waals surface area (Å²) in [7, 11) is 0. The van der Waals surface area contributed by atoms with Gasteiger partial charge in [-0.2, -0.15) is 0 Å². The van der Waals surface area contributed by atoms with Crippen LogP contribution in [0.4, 0.5) is 0 Å². The van der Waals surface area contributed by atoms with Gasteiger partial charge in [0.25, 0.3) is 0 Å². The van der Waals surface area contributed by atoms with Gasteiger partial charge in [0.1, 0.15) is 0 Å². The summed E-state index contributed by atoms with van der Waals surface area (Å²) >= 11 is 0. The highest BCUT2D eigenvalue weighted by Gasteiger charge is 2.15. The second-order valence-corrected chi connectivity index (χ2v) is 4.30. The summed E-state index contributed by atoms with van der Waals surface area (Å²) < 4.78 is 0. The molecule has 1 N–H and O–H groups in total. The van der Waals surface area contributed by atoms with Crippen LogP contribution in [0.15, 0.2) is 12.7 Å². The van der Waals surface area contributed by atoms with E-state index < -0.39 is 5.97 Å². The van der Waals surface area contributed by atoms with Crippen molar-refractivity contribution >= 4 is 5.97 Å². The Kier molecular flexibility index (Phi) is 6.11. The van der Waals surface area contributed by atoms with Crippen molar-refractivity contribution in [1.29, 1.82) is 0 Å². The number of unbranched alkanes of at least 4 members (excludes halogenated alkanes) is 1. The van der Waals surface area contributed by atoms with E-state index in [9.17, 15) is 4.79 Å². The molecule has 1 heterocycles. The van der Waals surface area contributed by atoms with Gasteiger partial charge in [-0.15, -0.1) is 6.58 Å². The summed E-state index contributed by atoms with van der Waals surface area (Å²) in [6.45, 7) is 8.86. The van der Waals surface area contributed by atoms with Gasteiger partial charge in [-0.3, -0.25) is 9.69 Å². The highest BCUT2D eigenvalue weighted by Crippen LogP contribution is 2.04. The number of carboxylic acid groups (broad SMARTS) is 1. The van der Waals surface area contributed by atoms with Crippen LogP contribution in [-0.2, 0) is 4.79 Å². The van der Waals surface area contributed by atoms with Gasteiger partial charge >= 0.3 is 5.97 Å². The van der Waals surface area contributed by atoms with Crippen LogP contribution in [-0.4, -0.2) is 60.1 Å². The van der Waals surface area contributed by atoms with Crippen LogP contribution in [0, 0.1) is 0 Å². The van der Waals surface area contributed by atoms with E-state index in [2.05, 4.69) is 11.5 Å². The second-order valence-electron chi connectivity index (χ2n) is 4.30. The smallest absolute Gasteiger partial charge is 0.317 e. The number of allylic oxidation sites excluding steroid dienone is 1. The van der Waals surface area contributed by atoms with E-state index in [-0.39, 0.29) is 6.54 Å². The van der Waals surface area contributed by atoms with Gasteiger partial charge in [0.2, 0.25) is 0 Å². The number of carboxylic acids is 1. The molecule has 1 aliphatic rings. The highest BCUT2D eigenvalue weighted by atomic mass is 16.4. The average molecular weight is 226 g/mol. The van der Waals surface area contributed by atoms with Crippen molar-refractivity contribution in [2.75, 3.05) is 39.3 Å². The van der Waals surface area contributed by atoms with E-state index in [1.165, 1.54) is 0 Å².